The van der Waals surface area contributed by atoms with Crippen LogP contribution in [0.2, 0.25) is 0 Å². The fourth-order valence-electron chi connectivity index (χ4n) is 1.13. The van der Waals surface area contributed by atoms with Gasteiger partial charge in [-0.3, -0.25) is 0 Å². The van der Waals surface area contributed by atoms with E-state index in [-0.39, 0.29) is 12.0 Å². The molecule has 2 N–H and O–H groups in total. The van der Waals surface area contributed by atoms with Crippen molar-refractivity contribution in [1.29, 1.82) is 0 Å². The smallest absolute Gasteiger partial charge is 0.0436 e. The number of aliphatic hydroxyl groups excluding tert-OH is 1. The molecule has 1 atom stereocenters. The van der Waals surface area contributed by atoms with Crippen LogP contribution in [0.15, 0.2) is 0 Å². The Bertz CT molecular complexity index is 158. The third kappa shape index (κ3) is 5.61. The summed E-state index contributed by atoms with van der Waals surface area (Å²) in [5.41, 5.74) is 0.490. The molecule has 14 heavy (non-hydrogen) atoms. The van der Waals surface area contributed by atoms with Gasteiger partial charge in [-0.25, -0.2) is 0 Å². The summed E-state index contributed by atoms with van der Waals surface area (Å²) in [6.45, 7) is 14.5. The first-order valence-electron chi connectivity index (χ1n) is 5.53. The summed E-state index contributed by atoms with van der Waals surface area (Å²) in [4.78, 5) is 0. The van der Waals surface area contributed by atoms with Gasteiger partial charge in [-0.1, -0.05) is 34.6 Å². The molecule has 0 bridgehead atoms. The molecule has 0 radical (unpaired) electrons. The van der Waals surface area contributed by atoms with Gasteiger partial charge < -0.3 is 10.4 Å². The zero-order chi connectivity index (χ0) is 11.4. The highest BCUT2D eigenvalue weighted by atomic mass is 16.3. The minimum absolute atomic E-state index is 0.189. The van der Waals surface area contributed by atoms with Crippen molar-refractivity contribution in [3.8, 4) is 0 Å². The van der Waals surface area contributed by atoms with E-state index < -0.39 is 0 Å². The van der Waals surface area contributed by atoms with Gasteiger partial charge in [0.05, 0.1) is 0 Å². The quantitative estimate of drug-likeness (QED) is 0.716. The minimum Gasteiger partial charge on any atom is -0.396 e. The van der Waals surface area contributed by atoms with Crippen molar-refractivity contribution < 1.29 is 5.11 Å². The Morgan fingerprint density at radius 3 is 2.00 bits per heavy atom. The fourth-order valence-corrected chi connectivity index (χ4v) is 1.13. The molecule has 0 aromatic carbocycles. The Kier molecular flexibility index (Phi) is 5.10. The van der Waals surface area contributed by atoms with Gasteiger partial charge in [-0.2, -0.15) is 0 Å². The van der Waals surface area contributed by atoms with Crippen molar-refractivity contribution in [2.75, 3.05) is 13.2 Å². The maximum atomic E-state index is 8.90. The van der Waals surface area contributed by atoms with E-state index in [1.54, 1.807) is 0 Å². The number of rotatable bonds is 5. The molecule has 0 aromatic rings. The van der Waals surface area contributed by atoms with Gasteiger partial charge in [0.15, 0.2) is 0 Å². The number of nitrogens with one attached hydrogen (secondary N) is 1. The molecule has 0 heterocycles. The van der Waals surface area contributed by atoms with Crippen LogP contribution in [-0.4, -0.2) is 24.3 Å². The average molecular weight is 201 g/mol. The van der Waals surface area contributed by atoms with E-state index in [0.29, 0.717) is 11.5 Å². The number of aliphatic hydroxyl groups is 1. The van der Waals surface area contributed by atoms with Crippen LogP contribution in [-0.2, 0) is 0 Å². The van der Waals surface area contributed by atoms with Crippen molar-refractivity contribution in [2.45, 2.75) is 54.0 Å². The lowest BCUT2D eigenvalue weighted by Gasteiger charge is -2.32. The third-order valence-corrected chi connectivity index (χ3v) is 2.97. The van der Waals surface area contributed by atoms with Gasteiger partial charge >= 0.3 is 0 Å². The summed E-state index contributed by atoms with van der Waals surface area (Å²) in [6, 6.07) is 0.500. The molecule has 2 heteroatoms. The first-order chi connectivity index (χ1) is 6.19. The molecular formula is C12H27NO. The van der Waals surface area contributed by atoms with Crippen molar-refractivity contribution in [1.82, 2.24) is 5.32 Å². The maximum Gasteiger partial charge on any atom is 0.0436 e. The van der Waals surface area contributed by atoms with E-state index in [4.69, 9.17) is 5.11 Å². The summed E-state index contributed by atoms with van der Waals surface area (Å²) in [5.74, 6) is 0. The first kappa shape index (κ1) is 13.9. The van der Waals surface area contributed by atoms with Crippen LogP contribution in [0.4, 0.5) is 0 Å². The first-order valence-corrected chi connectivity index (χ1v) is 5.53. The van der Waals surface area contributed by atoms with Crippen LogP contribution in [0, 0.1) is 10.8 Å². The molecule has 2 nitrogen and oxygen atoms in total. The lowest BCUT2D eigenvalue weighted by atomic mass is 9.85. The Balaban J connectivity index is 3.93. The summed E-state index contributed by atoms with van der Waals surface area (Å²) in [7, 11) is 0. The summed E-state index contributed by atoms with van der Waals surface area (Å²) < 4.78 is 0. The van der Waals surface area contributed by atoms with Crippen LogP contribution in [0.1, 0.15) is 48.0 Å². The highest BCUT2D eigenvalue weighted by molar-refractivity contribution is 4.79. The van der Waals surface area contributed by atoms with Crippen molar-refractivity contribution in [2.24, 2.45) is 10.8 Å². The van der Waals surface area contributed by atoms with Gasteiger partial charge in [0, 0.05) is 19.2 Å². The normalized spacial score (nSPS) is 15.6. The lowest BCUT2D eigenvalue weighted by molar-refractivity contribution is 0.188. The molecule has 0 fully saturated rings. The van der Waals surface area contributed by atoms with Crippen molar-refractivity contribution in [3.05, 3.63) is 0 Å². The predicted molar refractivity (Wildman–Crippen MR) is 62.4 cm³/mol. The minimum atomic E-state index is 0.189. The Morgan fingerprint density at radius 2 is 1.64 bits per heavy atom. The molecule has 0 amide bonds. The molecule has 0 aliphatic heterocycles. The van der Waals surface area contributed by atoms with E-state index in [1.807, 2.05) is 0 Å². The van der Waals surface area contributed by atoms with E-state index in [2.05, 4.69) is 46.9 Å². The molecular weight excluding hydrogens is 174 g/mol. The third-order valence-electron chi connectivity index (χ3n) is 2.97. The molecule has 0 saturated heterocycles. The van der Waals surface area contributed by atoms with Crippen LogP contribution in [0.5, 0.6) is 0 Å². The molecule has 86 valence electrons. The number of hydrogen-bond acceptors (Lipinski definition) is 2. The van der Waals surface area contributed by atoms with E-state index >= 15 is 0 Å². The molecule has 0 rings (SSSR count). The van der Waals surface area contributed by atoms with E-state index in [9.17, 15) is 0 Å². The number of hydrogen-bond donors (Lipinski definition) is 2. The molecule has 0 aliphatic rings. The molecule has 0 saturated carbocycles. The van der Waals surface area contributed by atoms with Crippen molar-refractivity contribution in [3.63, 3.8) is 0 Å². The summed E-state index contributed by atoms with van der Waals surface area (Å²) in [6.07, 6.45) is 0.858. The summed E-state index contributed by atoms with van der Waals surface area (Å²) in [5, 5.41) is 12.4. The lowest BCUT2D eigenvalue weighted by Crippen LogP contribution is -2.42. The topological polar surface area (TPSA) is 32.3 Å². The SMILES string of the molecule is CC(NCC(C)(C)CCO)C(C)(C)C. The van der Waals surface area contributed by atoms with Crippen LogP contribution in [0.25, 0.3) is 0 Å². The monoisotopic (exact) mass is 201 g/mol. The predicted octanol–water partition coefficient (Wildman–Crippen LogP) is 2.42. The van der Waals surface area contributed by atoms with Crippen LogP contribution < -0.4 is 5.32 Å². The second-order valence-electron chi connectivity index (χ2n) is 6.11. The Morgan fingerprint density at radius 1 is 1.14 bits per heavy atom. The van der Waals surface area contributed by atoms with Gasteiger partial charge in [-0.15, -0.1) is 0 Å². The highest BCUT2D eigenvalue weighted by Crippen LogP contribution is 2.22. The van der Waals surface area contributed by atoms with Gasteiger partial charge in [0.2, 0.25) is 0 Å². The zero-order valence-corrected chi connectivity index (χ0v) is 10.6. The standard InChI is InChI=1S/C12H27NO/c1-10(11(2,3)4)13-9-12(5,6)7-8-14/h10,13-14H,7-9H2,1-6H3. The summed E-state index contributed by atoms with van der Waals surface area (Å²) >= 11 is 0. The van der Waals surface area contributed by atoms with Crippen LogP contribution >= 0.6 is 0 Å². The van der Waals surface area contributed by atoms with Gasteiger partial charge in [0.25, 0.3) is 0 Å². The Labute approximate surface area is 89.1 Å². The van der Waals surface area contributed by atoms with Crippen LogP contribution in [0.3, 0.4) is 0 Å². The average Bonchev–Trinajstić information content (AvgIpc) is 1.98. The van der Waals surface area contributed by atoms with E-state index in [1.165, 1.54) is 0 Å². The molecule has 0 aliphatic carbocycles. The fraction of sp³-hybridized carbons (Fsp3) is 1.00. The highest BCUT2D eigenvalue weighted by Gasteiger charge is 2.23. The maximum absolute atomic E-state index is 8.90. The van der Waals surface area contributed by atoms with Gasteiger partial charge in [0.1, 0.15) is 0 Å². The molecule has 0 spiro atoms. The molecule has 0 aromatic heterocycles. The largest absolute Gasteiger partial charge is 0.396 e. The zero-order valence-electron chi connectivity index (χ0n) is 10.6. The van der Waals surface area contributed by atoms with E-state index in [0.717, 1.165) is 13.0 Å². The second kappa shape index (κ2) is 5.13. The van der Waals surface area contributed by atoms with Crippen molar-refractivity contribution >= 4 is 0 Å². The Hall–Kier alpha value is -0.0800. The second-order valence-corrected chi connectivity index (χ2v) is 6.11. The van der Waals surface area contributed by atoms with Gasteiger partial charge in [-0.05, 0) is 24.2 Å². The molecule has 1 unspecified atom stereocenters.